The zero-order valence-corrected chi connectivity index (χ0v) is 10.6. The van der Waals surface area contributed by atoms with Crippen LogP contribution in [0.1, 0.15) is 25.3 Å². The molecule has 0 radical (unpaired) electrons. The van der Waals surface area contributed by atoms with E-state index >= 15 is 0 Å². The zero-order valence-electron chi connectivity index (χ0n) is 10.6. The summed E-state index contributed by atoms with van der Waals surface area (Å²) in [6.07, 6.45) is 0. The standard InChI is InChI=1S/C14H21NO2/c1-11(2)12-3-5-13(6-4-12)15-7-8-17-10-14(15)9-16/h3-6,11,14,16H,7-10H2,1-2H3. The highest BCUT2D eigenvalue weighted by Gasteiger charge is 2.22. The average Bonchev–Trinajstić information content (AvgIpc) is 2.39. The molecule has 1 aromatic rings. The Labute approximate surface area is 103 Å². The van der Waals surface area contributed by atoms with E-state index in [0.717, 1.165) is 13.2 Å². The Balaban J connectivity index is 2.15. The first-order valence-electron chi connectivity index (χ1n) is 6.27. The van der Waals surface area contributed by atoms with Gasteiger partial charge >= 0.3 is 0 Å². The summed E-state index contributed by atoms with van der Waals surface area (Å²) in [5, 5.41) is 9.34. The van der Waals surface area contributed by atoms with Gasteiger partial charge in [0.2, 0.25) is 0 Å². The van der Waals surface area contributed by atoms with Gasteiger partial charge in [-0.3, -0.25) is 0 Å². The molecular formula is C14H21NO2. The Kier molecular flexibility index (Phi) is 4.02. The monoisotopic (exact) mass is 235 g/mol. The van der Waals surface area contributed by atoms with Gasteiger partial charge in [-0.05, 0) is 23.6 Å². The molecule has 1 saturated heterocycles. The minimum absolute atomic E-state index is 0.0913. The van der Waals surface area contributed by atoms with Crippen LogP contribution in [-0.4, -0.2) is 37.5 Å². The van der Waals surface area contributed by atoms with E-state index in [9.17, 15) is 5.11 Å². The van der Waals surface area contributed by atoms with Crippen molar-refractivity contribution in [3.63, 3.8) is 0 Å². The van der Waals surface area contributed by atoms with Crippen LogP contribution in [0.4, 0.5) is 5.69 Å². The Morgan fingerprint density at radius 3 is 2.65 bits per heavy atom. The van der Waals surface area contributed by atoms with Crippen molar-refractivity contribution in [1.29, 1.82) is 0 Å². The van der Waals surface area contributed by atoms with Crippen molar-refractivity contribution < 1.29 is 9.84 Å². The summed E-state index contributed by atoms with van der Waals surface area (Å²) in [4.78, 5) is 2.23. The van der Waals surface area contributed by atoms with Crippen LogP contribution in [0.25, 0.3) is 0 Å². The van der Waals surface area contributed by atoms with Gasteiger partial charge in [0, 0.05) is 12.2 Å². The van der Waals surface area contributed by atoms with Crippen molar-refractivity contribution >= 4 is 5.69 Å². The number of anilines is 1. The second-order valence-corrected chi connectivity index (χ2v) is 4.85. The number of morpholine rings is 1. The fourth-order valence-electron chi connectivity index (χ4n) is 2.20. The molecule has 0 bridgehead atoms. The molecule has 17 heavy (non-hydrogen) atoms. The van der Waals surface area contributed by atoms with Crippen molar-refractivity contribution in [3.05, 3.63) is 29.8 Å². The van der Waals surface area contributed by atoms with E-state index in [2.05, 4.69) is 43.0 Å². The lowest BCUT2D eigenvalue weighted by atomic mass is 10.0. The Bertz CT molecular complexity index is 348. The largest absolute Gasteiger partial charge is 0.394 e. The van der Waals surface area contributed by atoms with Gasteiger partial charge in [-0.2, -0.15) is 0 Å². The lowest BCUT2D eigenvalue weighted by Gasteiger charge is -2.36. The third kappa shape index (κ3) is 2.79. The van der Waals surface area contributed by atoms with E-state index < -0.39 is 0 Å². The summed E-state index contributed by atoms with van der Waals surface area (Å²) >= 11 is 0. The van der Waals surface area contributed by atoms with Gasteiger partial charge in [-0.1, -0.05) is 26.0 Å². The molecule has 1 aliphatic heterocycles. The first-order valence-corrected chi connectivity index (χ1v) is 6.27. The first kappa shape index (κ1) is 12.4. The topological polar surface area (TPSA) is 32.7 Å². The van der Waals surface area contributed by atoms with Gasteiger partial charge in [0.1, 0.15) is 0 Å². The second kappa shape index (κ2) is 5.52. The molecule has 1 unspecified atom stereocenters. The van der Waals surface area contributed by atoms with E-state index in [1.54, 1.807) is 0 Å². The quantitative estimate of drug-likeness (QED) is 0.870. The van der Waals surface area contributed by atoms with Crippen LogP contribution in [-0.2, 0) is 4.74 Å². The number of ether oxygens (including phenoxy) is 1. The van der Waals surface area contributed by atoms with Crippen LogP contribution < -0.4 is 4.90 Å². The third-order valence-electron chi connectivity index (χ3n) is 3.33. The van der Waals surface area contributed by atoms with Crippen molar-refractivity contribution in [3.8, 4) is 0 Å². The normalized spacial score (nSPS) is 20.9. The number of benzene rings is 1. The molecular weight excluding hydrogens is 214 g/mol. The highest BCUT2D eigenvalue weighted by molar-refractivity contribution is 5.49. The molecule has 0 amide bonds. The molecule has 2 rings (SSSR count). The Morgan fingerprint density at radius 2 is 2.06 bits per heavy atom. The Morgan fingerprint density at radius 1 is 1.35 bits per heavy atom. The lowest BCUT2D eigenvalue weighted by Crippen LogP contribution is -2.47. The maximum Gasteiger partial charge on any atom is 0.0755 e. The van der Waals surface area contributed by atoms with E-state index in [1.165, 1.54) is 11.3 Å². The maximum absolute atomic E-state index is 9.34. The van der Waals surface area contributed by atoms with Crippen LogP contribution in [0.3, 0.4) is 0 Å². The predicted octanol–water partition coefficient (Wildman–Crippen LogP) is 2.01. The zero-order chi connectivity index (χ0) is 12.3. The van der Waals surface area contributed by atoms with Gasteiger partial charge < -0.3 is 14.7 Å². The summed E-state index contributed by atoms with van der Waals surface area (Å²) in [5.41, 5.74) is 2.53. The summed E-state index contributed by atoms with van der Waals surface area (Å²) in [7, 11) is 0. The molecule has 0 saturated carbocycles. The summed E-state index contributed by atoms with van der Waals surface area (Å²) in [6.45, 7) is 6.74. The van der Waals surface area contributed by atoms with Gasteiger partial charge in [0.15, 0.2) is 0 Å². The number of hydrogen-bond acceptors (Lipinski definition) is 3. The van der Waals surface area contributed by atoms with Crippen LogP contribution in [0.15, 0.2) is 24.3 Å². The summed E-state index contributed by atoms with van der Waals surface area (Å²) in [6, 6.07) is 8.72. The molecule has 0 spiro atoms. The average molecular weight is 235 g/mol. The van der Waals surface area contributed by atoms with Crippen molar-refractivity contribution in [1.82, 2.24) is 0 Å². The molecule has 1 N–H and O–H groups in total. The number of aliphatic hydroxyl groups is 1. The van der Waals surface area contributed by atoms with E-state index in [4.69, 9.17) is 4.74 Å². The highest BCUT2D eigenvalue weighted by Crippen LogP contribution is 2.23. The van der Waals surface area contributed by atoms with E-state index in [0.29, 0.717) is 12.5 Å². The van der Waals surface area contributed by atoms with Crippen molar-refractivity contribution in [2.75, 3.05) is 31.3 Å². The molecule has 1 heterocycles. The van der Waals surface area contributed by atoms with Gasteiger partial charge in [-0.15, -0.1) is 0 Å². The minimum atomic E-state index is 0.0913. The molecule has 3 heteroatoms. The summed E-state index contributed by atoms with van der Waals surface area (Å²) < 4.78 is 5.38. The SMILES string of the molecule is CC(C)c1ccc(N2CCOCC2CO)cc1. The van der Waals surface area contributed by atoms with E-state index in [-0.39, 0.29) is 12.6 Å². The second-order valence-electron chi connectivity index (χ2n) is 4.85. The highest BCUT2D eigenvalue weighted by atomic mass is 16.5. The van der Waals surface area contributed by atoms with E-state index in [1.807, 2.05) is 0 Å². The van der Waals surface area contributed by atoms with Gasteiger partial charge in [0.25, 0.3) is 0 Å². The maximum atomic E-state index is 9.34. The van der Waals surface area contributed by atoms with Gasteiger partial charge in [-0.25, -0.2) is 0 Å². The van der Waals surface area contributed by atoms with Crippen LogP contribution in [0.5, 0.6) is 0 Å². The van der Waals surface area contributed by atoms with Crippen LogP contribution >= 0.6 is 0 Å². The number of rotatable bonds is 3. The molecule has 0 aliphatic carbocycles. The fourth-order valence-corrected chi connectivity index (χ4v) is 2.20. The van der Waals surface area contributed by atoms with Crippen LogP contribution in [0.2, 0.25) is 0 Å². The number of nitrogens with zero attached hydrogens (tertiary/aromatic N) is 1. The number of hydrogen-bond donors (Lipinski definition) is 1. The first-order chi connectivity index (χ1) is 8.22. The van der Waals surface area contributed by atoms with Gasteiger partial charge in [0.05, 0.1) is 25.9 Å². The molecule has 0 aromatic heterocycles. The molecule has 1 aliphatic rings. The third-order valence-corrected chi connectivity index (χ3v) is 3.33. The fraction of sp³-hybridized carbons (Fsp3) is 0.571. The summed E-state index contributed by atoms with van der Waals surface area (Å²) in [5.74, 6) is 0.558. The molecule has 1 fully saturated rings. The molecule has 1 aromatic carbocycles. The van der Waals surface area contributed by atoms with Crippen molar-refractivity contribution in [2.24, 2.45) is 0 Å². The Hall–Kier alpha value is -1.06. The van der Waals surface area contributed by atoms with Crippen molar-refractivity contribution in [2.45, 2.75) is 25.8 Å². The molecule has 94 valence electrons. The lowest BCUT2D eigenvalue weighted by molar-refractivity contribution is 0.0727. The minimum Gasteiger partial charge on any atom is -0.394 e. The molecule has 1 atom stereocenters. The smallest absolute Gasteiger partial charge is 0.0755 e. The predicted molar refractivity (Wildman–Crippen MR) is 69.6 cm³/mol. The molecule has 3 nitrogen and oxygen atoms in total. The number of aliphatic hydroxyl groups excluding tert-OH is 1. The van der Waals surface area contributed by atoms with Crippen LogP contribution in [0, 0.1) is 0 Å².